The molecule has 0 radical (unpaired) electrons. The Morgan fingerprint density at radius 3 is 3.00 bits per heavy atom. The highest BCUT2D eigenvalue weighted by Crippen LogP contribution is 2.25. The van der Waals surface area contributed by atoms with Crippen molar-refractivity contribution in [2.24, 2.45) is 5.92 Å². The molecule has 0 aliphatic heterocycles. The number of rotatable bonds is 7. The highest BCUT2D eigenvalue weighted by atomic mass is 16.5. The fourth-order valence-electron chi connectivity index (χ4n) is 2.37. The summed E-state index contributed by atoms with van der Waals surface area (Å²) in [6.07, 6.45) is 7.24. The van der Waals surface area contributed by atoms with Crippen LogP contribution in [0.25, 0.3) is 0 Å². The van der Waals surface area contributed by atoms with Gasteiger partial charge < -0.3 is 14.5 Å². The molecule has 1 heterocycles. The van der Waals surface area contributed by atoms with Crippen molar-refractivity contribution < 1.29 is 9.15 Å². The molecule has 0 spiro atoms. The first-order valence-electron chi connectivity index (χ1n) is 6.73. The molecule has 0 atom stereocenters. The summed E-state index contributed by atoms with van der Waals surface area (Å²) in [5.41, 5.74) is 1.20. The Labute approximate surface area is 104 Å². The Kier molecular flexibility index (Phi) is 5.08. The zero-order chi connectivity index (χ0) is 11.9. The molecule has 17 heavy (non-hydrogen) atoms. The normalized spacial score (nSPS) is 16.8. The first-order chi connectivity index (χ1) is 8.38. The summed E-state index contributed by atoms with van der Waals surface area (Å²) in [5.74, 6) is 1.72. The van der Waals surface area contributed by atoms with E-state index in [-0.39, 0.29) is 0 Å². The summed E-state index contributed by atoms with van der Waals surface area (Å²) < 4.78 is 11.2. The van der Waals surface area contributed by atoms with Crippen LogP contribution in [0, 0.1) is 5.92 Å². The number of hydrogen-bond donors (Lipinski definition) is 1. The third kappa shape index (κ3) is 4.17. The molecule has 3 nitrogen and oxygen atoms in total. The third-order valence-electron chi connectivity index (χ3n) is 3.36. The average Bonchev–Trinajstić information content (AvgIpc) is 2.98. The van der Waals surface area contributed by atoms with Gasteiger partial charge in [0, 0.05) is 18.7 Å². The van der Waals surface area contributed by atoms with Crippen molar-refractivity contribution in [2.45, 2.75) is 45.8 Å². The number of ether oxygens (including phenoxy) is 1. The van der Waals surface area contributed by atoms with E-state index in [4.69, 9.17) is 9.15 Å². The quantitative estimate of drug-likeness (QED) is 0.791. The standard InChI is InChI=1S/C14H23NO2/c1-2-15-8-13-7-14(17-10-13)11-16-9-12-5-3-4-6-12/h7,10,12,15H,2-6,8-9,11H2,1H3. The molecular formula is C14H23NO2. The van der Waals surface area contributed by atoms with Gasteiger partial charge in [-0.3, -0.25) is 0 Å². The lowest BCUT2D eigenvalue weighted by molar-refractivity contribution is 0.0771. The molecule has 0 unspecified atom stereocenters. The number of furan rings is 1. The fourth-order valence-corrected chi connectivity index (χ4v) is 2.37. The third-order valence-corrected chi connectivity index (χ3v) is 3.36. The number of hydrogen-bond acceptors (Lipinski definition) is 3. The van der Waals surface area contributed by atoms with Crippen molar-refractivity contribution in [1.82, 2.24) is 5.32 Å². The van der Waals surface area contributed by atoms with E-state index in [1.165, 1.54) is 31.2 Å². The van der Waals surface area contributed by atoms with E-state index >= 15 is 0 Å². The van der Waals surface area contributed by atoms with E-state index < -0.39 is 0 Å². The minimum atomic E-state index is 0.614. The Morgan fingerprint density at radius 2 is 2.24 bits per heavy atom. The summed E-state index contributed by atoms with van der Waals surface area (Å²) in [6, 6.07) is 2.08. The van der Waals surface area contributed by atoms with Crippen LogP contribution in [0.2, 0.25) is 0 Å². The van der Waals surface area contributed by atoms with E-state index in [0.717, 1.165) is 31.4 Å². The minimum Gasteiger partial charge on any atom is -0.467 e. The average molecular weight is 237 g/mol. The summed E-state index contributed by atoms with van der Waals surface area (Å²) in [5, 5.41) is 3.28. The van der Waals surface area contributed by atoms with Crippen LogP contribution in [0.15, 0.2) is 16.7 Å². The highest BCUT2D eigenvalue weighted by molar-refractivity contribution is 5.11. The topological polar surface area (TPSA) is 34.4 Å². The monoisotopic (exact) mass is 237 g/mol. The maximum Gasteiger partial charge on any atom is 0.129 e. The van der Waals surface area contributed by atoms with Crippen LogP contribution in [0.4, 0.5) is 0 Å². The molecule has 0 bridgehead atoms. The fraction of sp³-hybridized carbons (Fsp3) is 0.714. The van der Waals surface area contributed by atoms with Gasteiger partial charge in [-0.15, -0.1) is 0 Å². The molecule has 1 aliphatic rings. The minimum absolute atomic E-state index is 0.614. The first-order valence-corrected chi connectivity index (χ1v) is 6.73. The van der Waals surface area contributed by atoms with Gasteiger partial charge in [-0.1, -0.05) is 19.8 Å². The first kappa shape index (κ1) is 12.7. The molecular weight excluding hydrogens is 214 g/mol. The molecule has 1 N–H and O–H groups in total. The Bertz CT molecular complexity index is 316. The second-order valence-electron chi connectivity index (χ2n) is 4.87. The number of nitrogens with one attached hydrogen (secondary N) is 1. The van der Waals surface area contributed by atoms with Crippen molar-refractivity contribution in [3.63, 3.8) is 0 Å². The van der Waals surface area contributed by atoms with E-state index in [1.54, 1.807) is 0 Å². The second kappa shape index (κ2) is 6.82. The Hall–Kier alpha value is -0.800. The summed E-state index contributed by atoms with van der Waals surface area (Å²) in [6.45, 7) is 5.47. The van der Waals surface area contributed by atoms with Gasteiger partial charge in [0.15, 0.2) is 0 Å². The van der Waals surface area contributed by atoms with E-state index in [2.05, 4.69) is 18.3 Å². The zero-order valence-corrected chi connectivity index (χ0v) is 10.7. The van der Waals surface area contributed by atoms with Crippen LogP contribution < -0.4 is 5.32 Å². The van der Waals surface area contributed by atoms with Crippen LogP contribution in [0.1, 0.15) is 43.9 Å². The van der Waals surface area contributed by atoms with Crippen LogP contribution in [-0.4, -0.2) is 13.2 Å². The summed E-state index contributed by atoms with van der Waals surface area (Å²) >= 11 is 0. The van der Waals surface area contributed by atoms with Crippen LogP contribution >= 0.6 is 0 Å². The largest absolute Gasteiger partial charge is 0.467 e. The SMILES string of the molecule is CCNCc1coc(COCC2CCCC2)c1. The summed E-state index contributed by atoms with van der Waals surface area (Å²) in [7, 11) is 0. The van der Waals surface area contributed by atoms with Crippen molar-refractivity contribution >= 4 is 0 Å². The highest BCUT2D eigenvalue weighted by Gasteiger charge is 2.15. The lowest BCUT2D eigenvalue weighted by Crippen LogP contribution is -2.10. The van der Waals surface area contributed by atoms with Crippen molar-refractivity contribution in [1.29, 1.82) is 0 Å². The van der Waals surface area contributed by atoms with E-state index in [0.29, 0.717) is 6.61 Å². The van der Waals surface area contributed by atoms with Crippen molar-refractivity contribution in [3.8, 4) is 0 Å². The zero-order valence-electron chi connectivity index (χ0n) is 10.7. The van der Waals surface area contributed by atoms with Gasteiger partial charge in [0.25, 0.3) is 0 Å². The maximum absolute atomic E-state index is 5.71. The van der Waals surface area contributed by atoms with Crippen LogP contribution in [-0.2, 0) is 17.9 Å². The predicted octanol–water partition coefficient (Wildman–Crippen LogP) is 3.10. The van der Waals surface area contributed by atoms with Gasteiger partial charge >= 0.3 is 0 Å². The molecule has 1 aromatic heterocycles. The van der Waals surface area contributed by atoms with Gasteiger partial charge in [0.2, 0.25) is 0 Å². The molecule has 0 amide bonds. The van der Waals surface area contributed by atoms with Gasteiger partial charge in [-0.25, -0.2) is 0 Å². The Morgan fingerprint density at radius 1 is 1.41 bits per heavy atom. The van der Waals surface area contributed by atoms with E-state index in [1.807, 2.05) is 6.26 Å². The second-order valence-corrected chi connectivity index (χ2v) is 4.87. The molecule has 1 aliphatic carbocycles. The van der Waals surface area contributed by atoms with Gasteiger partial charge in [0.1, 0.15) is 12.4 Å². The smallest absolute Gasteiger partial charge is 0.129 e. The molecule has 0 saturated heterocycles. The maximum atomic E-state index is 5.71. The van der Waals surface area contributed by atoms with Crippen molar-refractivity contribution in [3.05, 3.63) is 23.7 Å². The molecule has 96 valence electrons. The van der Waals surface area contributed by atoms with Gasteiger partial charge in [0.05, 0.1) is 6.26 Å². The summed E-state index contributed by atoms with van der Waals surface area (Å²) in [4.78, 5) is 0. The van der Waals surface area contributed by atoms with Gasteiger partial charge in [-0.2, -0.15) is 0 Å². The molecule has 0 aromatic carbocycles. The molecule has 1 saturated carbocycles. The van der Waals surface area contributed by atoms with E-state index in [9.17, 15) is 0 Å². The molecule has 2 rings (SSSR count). The molecule has 1 aromatic rings. The van der Waals surface area contributed by atoms with Crippen LogP contribution in [0.5, 0.6) is 0 Å². The molecule has 1 fully saturated rings. The predicted molar refractivity (Wildman–Crippen MR) is 67.7 cm³/mol. The lowest BCUT2D eigenvalue weighted by Gasteiger charge is -2.08. The van der Waals surface area contributed by atoms with Gasteiger partial charge in [-0.05, 0) is 31.4 Å². The van der Waals surface area contributed by atoms with Crippen molar-refractivity contribution in [2.75, 3.05) is 13.2 Å². The van der Waals surface area contributed by atoms with Crippen LogP contribution in [0.3, 0.4) is 0 Å². The Balaban J connectivity index is 1.65. The molecule has 3 heteroatoms. The lowest BCUT2D eigenvalue weighted by atomic mass is 10.1.